The van der Waals surface area contributed by atoms with Crippen molar-refractivity contribution in [2.45, 2.75) is 32.5 Å². The number of ketones is 1. The largest absolute Gasteiger partial charge is 0.462 e. The second kappa shape index (κ2) is 4.67. The normalized spacial score (nSPS) is 21.2. The van der Waals surface area contributed by atoms with Crippen molar-refractivity contribution < 1.29 is 37.0 Å². The zero-order chi connectivity index (χ0) is 15.0. The minimum absolute atomic E-state index is 0.321. The predicted octanol–water partition coefficient (Wildman–Crippen LogP) is 1.31. The summed E-state index contributed by atoms with van der Waals surface area (Å²) in [7, 11) is 0. The summed E-state index contributed by atoms with van der Waals surface area (Å²) in [5, 5.41) is 0. The number of ether oxygens (including phenoxy) is 2. The molecule has 0 aliphatic carbocycles. The van der Waals surface area contributed by atoms with E-state index in [1.165, 1.54) is 6.92 Å². The average Bonchev–Trinajstić information content (AvgIpc) is 2.39. The summed E-state index contributed by atoms with van der Waals surface area (Å²) in [5.74, 6) is -4.44. The third kappa shape index (κ3) is 2.77. The Morgan fingerprint density at radius 1 is 1.32 bits per heavy atom. The topological polar surface area (TPSA) is 69.7 Å². The van der Waals surface area contributed by atoms with Crippen LogP contribution in [0.4, 0.5) is 13.2 Å². The number of halogens is 3. The molecule has 0 N–H and O–H groups in total. The summed E-state index contributed by atoms with van der Waals surface area (Å²) in [4.78, 5) is 34.4. The van der Waals surface area contributed by atoms with Gasteiger partial charge in [-0.05, 0) is 20.8 Å². The monoisotopic (exact) mass is 280 g/mol. The van der Waals surface area contributed by atoms with E-state index in [9.17, 15) is 27.6 Å². The Morgan fingerprint density at radius 3 is 2.16 bits per heavy atom. The molecule has 0 radical (unpaired) electrons. The van der Waals surface area contributed by atoms with Crippen LogP contribution in [-0.4, -0.2) is 36.1 Å². The first-order chi connectivity index (χ1) is 8.52. The van der Waals surface area contributed by atoms with Crippen LogP contribution in [0.15, 0.2) is 11.1 Å². The lowest BCUT2D eigenvalue weighted by atomic mass is 9.96. The van der Waals surface area contributed by atoms with E-state index >= 15 is 0 Å². The third-order valence-corrected chi connectivity index (χ3v) is 2.34. The highest BCUT2D eigenvalue weighted by atomic mass is 19.4. The Bertz CT molecular complexity index is 473. The van der Waals surface area contributed by atoms with E-state index in [0.29, 0.717) is 0 Å². The third-order valence-electron chi connectivity index (χ3n) is 2.34. The van der Waals surface area contributed by atoms with Crippen LogP contribution < -0.4 is 0 Å². The molecule has 1 heterocycles. The molecule has 19 heavy (non-hydrogen) atoms. The molecule has 0 spiro atoms. The van der Waals surface area contributed by atoms with E-state index in [4.69, 9.17) is 0 Å². The van der Waals surface area contributed by atoms with E-state index in [1.54, 1.807) is 0 Å². The number of Topliss-reactive ketones (excluding diaryl/α,β-unsaturated/α-hetero) is 1. The van der Waals surface area contributed by atoms with Crippen LogP contribution in [-0.2, 0) is 23.9 Å². The van der Waals surface area contributed by atoms with Crippen molar-refractivity contribution in [1.82, 2.24) is 0 Å². The molecule has 106 valence electrons. The Balaban J connectivity index is 3.46. The van der Waals surface area contributed by atoms with Crippen LogP contribution in [0.5, 0.6) is 0 Å². The molecule has 0 amide bonds. The van der Waals surface area contributed by atoms with Gasteiger partial charge in [-0.1, -0.05) is 0 Å². The van der Waals surface area contributed by atoms with Crippen molar-refractivity contribution in [2.24, 2.45) is 0 Å². The molecular weight excluding hydrogens is 269 g/mol. The molecule has 5 nitrogen and oxygen atoms in total. The molecule has 0 aromatic carbocycles. The lowest BCUT2D eigenvalue weighted by molar-refractivity contribution is -0.152. The number of hydrogen-bond donors (Lipinski definition) is 0. The second-order valence-electron chi connectivity index (χ2n) is 4.20. The van der Waals surface area contributed by atoms with E-state index in [2.05, 4.69) is 9.47 Å². The highest BCUT2D eigenvalue weighted by Crippen LogP contribution is 2.36. The highest BCUT2D eigenvalue weighted by molar-refractivity contribution is 6.28. The highest BCUT2D eigenvalue weighted by Gasteiger charge is 2.54. The van der Waals surface area contributed by atoms with Gasteiger partial charge in [-0.25, -0.2) is 9.59 Å². The van der Waals surface area contributed by atoms with Crippen molar-refractivity contribution in [3.63, 3.8) is 0 Å². The van der Waals surface area contributed by atoms with Gasteiger partial charge in [0.2, 0.25) is 5.78 Å². The molecule has 1 fully saturated rings. The summed E-state index contributed by atoms with van der Waals surface area (Å²) in [6.45, 7) is 3.26. The van der Waals surface area contributed by atoms with E-state index < -0.39 is 40.6 Å². The minimum Gasteiger partial charge on any atom is -0.462 e. The summed E-state index contributed by atoms with van der Waals surface area (Å²) < 4.78 is 47.2. The van der Waals surface area contributed by atoms with Crippen molar-refractivity contribution in [3.8, 4) is 0 Å². The maximum absolute atomic E-state index is 12.8. The van der Waals surface area contributed by atoms with Crippen molar-refractivity contribution in [3.05, 3.63) is 11.1 Å². The fourth-order valence-electron chi connectivity index (χ4n) is 1.50. The van der Waals surface area contributed by atoms with Gasteiger partial charge in [-0.15, -0.1) is 0 Å². The molecule has 8 heteroatoms. The van der Waals surface area contributed by atoms with Gasteiger partial charge >= 0.3 is 18.1 Å². The van der Waals surface area contributed by atoms with Gasteiger partial charge in [0.1, 0.15) is 5.57 Å². The van der Waals surface area contributed by atoms with Crippen LogP contribution in [0.3, 0.4) is 0 Å². The first-order valence-electron chi connectivity index (χ1n) is 5.29. The molecule has 0 unspecified atom stereocenters. The summed E-state index contributed by atoms with van der Waals surface area (Å²) in [5.41, 5.74) is -4.96. The van der Waals surface area contributed by atoms with Crippen LogP contribution >= 0.6 is 0 Å². The molecule has 0 atom stereocenters. The fourth-order valence-corrected chi connectivity index (χ4v) is 1.50. The lowest BCUT2D eigenvalue weighted by Crippen LogP contribution is -2.31. The van der Waals surface area contributed by atoms with Gasteiger partial charge in [-0.2, -0.15) is 13.2 Å². The van der Waals surface area contributed by atoms with E-state index in [-0.39, 0.29) is 6.61 Å². The average molecular weight is 280 g/mol. The number of carbonyl (C=O) groups excluding carboxylic acids is 3. The van der Waals surface area contributed by atoms with Gasteiger partial charge in [0.15, 0.2) is 11.2 Å². The van der Waals surface area contributed by atoms with Crippen LogP contribution in [0.25, 0.3) is 0 Å². The zero-order valence-electron chi connectivity index (χ0n) is 10.4. The van der Waals surface area contributed by atoms with Gasteiger partial charge < -0.3 is 9.47 Å². The first-order valence-corrected chi connectivity index (χ1v) is 5.29. The predicted molar refractivity (Wildman–Crippen MR) is 54.9 cm³/mol. The van der Waals surface area contributed by atoms with Crippen molar-refractivity contribution >= 4 is 17.7 Å². The number of hydrogen-bond acceptors (Lipinski definition) is 5. The molecule has 1 aliphatic heterocycles. The summed E-state index contributed by atoms with van der Waals surface area (Å²) >= 11 is 0. The number of alkyl halides is 3. The first kappa shape index (κ1) is 15.2. The quantitative estimate of drug-likeness (QED) is 0.433. The Labute approximate surface area is 106 Å². The zero-order valence-corrected chi connectivity index (χ0v) is 10.4. The molecule has 0 aromatic rings. The van der Waals surface area contributed by atoms with Gasteiger partial charge in [-0.3, -0.25) is 4.79 Å². The van der Waals surface area contributed by atoms with Crippen molar-refractivity contribution in [1.29, 1.82) is 0 Å². The standard InChI is InChI=1S/C11H11F3O5/c1-4-18-9(17)6(11(12,13)14)5-7(15)10(2,3)19-8(5)16/h4H2,1-3H3. The number of rotatable bonds is 2. The Kier molecular flexibility index (Phi) is 3.74. The van der Waals surface area contributed by atoms with Crippen LogP contribution in [0.1, 0.15) is 20.8 Å². The maximum Gasteiger partial charge on any atom is 0.424 e. The molecule has 1 aliphatic rings. The maximum atomic E-state index is 12.8. The molecule has 0 saturated carbocycles. The molecule has 1 saturated heterocycles. The number of esters is 2. The summed E-state index contributed by atoms with van der Waals surface area (Å²) in [6, 6.07) is 0. The smallest absolute Gasteiger partial charge is 0.424 e. The van der Waals surface area contributed by atoms with Crippen LogP contribution in [0.2, 0.25) is 0 Å². The molecular formula is C11H11F3O5. The molecule has 0 aromatic heterocycles. The minimum atomic E-state index is -5.18. The van der Waals surface area contributed by atoms with E-state index in [1.807, 2.05) is 0 Å². The summed E-state index contributed by atoms with van der Waals surface area (Å²) in [6.07, 6.45) is -5.18. The number of cyclic esters (lactones) is 1. The van der Waals surface area contributed by atoms with Gasteiger partial charge in [0.05, 0.1) is 6.61 Å². The van der Waals surface area contributed by atoms with Gasteiger partial charge in [0, 0.05) is 0 Å². The fraction of sp³-hybridized carbons (Fsp3) is 0.545. The number of carbonyl (C=O) groups is 3. The Hall–Kier alpha value is -1.86. The second-order valence-corrected chi connectivity index (χ2v) is 4.20. The Morgan fingerprint density at radius 2 is 1.84 bits per heavy atom. The SMILES string of the molecule is CCOC(=O)C(=C1C(=O)OC(C)(C)C1=O)C(F)(F)F. The van der Waals surface area contributed by atoms with Gasteiger partial charge in [0.25, 0.3) is 0 Å². The van der Waals surface area contributed by atoms with E-state index in [0.717, 1.165) is 13.8 Å². The molecule has 0 bridgehead atoms. The molecule has 1 rings (SSSR count). The van der Waals surface area contributed by atoms with Crippen molar-refractivity contribution in [2.75, 3.05) is 6.61 Å². The van der Waals surface area contributed by atoms with Crippen LogP contribution in [0, 0.1) is 0 Å². The lowest BCUT2D eigenvalue weighted by Gasteiger charge is -2.13.